The van der Waals surface area contributed by atoms with Crippen LogP contribution in [0.2, 0.25) is 0 Å². The average molecular weight is 244 g/mol. The number of hydrogen-bond donors (Lipinski definition) is 2. The molecular formula is C12H15F3N2. The molecule has 1 aromatic carbocycles. The molecule has 0 saturated heterocycles. The summed E-state index contributed by atoms with van der Waals surface area (Å²) in [7, 11) is 0. The van der Waals surface area contributed by atoms with Gasteiger partial charge in [-0.1, -0.05) is 6.07 Å². The molecule has 1 aromatic rings. The molecule has 2 nitrogen and oxygen atoms in total. The second-order valence-corrected chi connectivity index (χ2v) is 4.40. The van der Waals surface area contributed by atoms with E-state index in [2.05, 4.69) is 5.32 Å². The Balaban J connectivity index is 2.10. The number of nitrogens with one attached hydrogen (secondary N) is 1. The highest BCUT2D eigenvalue weighted by molar-refractivity contribution is 5.47. The van der Waals surface area contributed by atoms with Crippen molar-refractivity contribution in [3.8, 4) is 0 Å². The van der Waals surface area contributed by atoms with Crippen molar-refractivity contribution in [3.63, 3.8) is 0 Å². The Morgan fingerprint density at radius 2 is 2.06 bits per heavy atom. The fraction of sp³-hybridized carbons (Fsp3) is 0.500. The molecule has 1 atom stereocenters. The zero-order valence-electron chi connectivity index (χ0n) is 9.30. The first-order chi connectivity index (χ1) is 8.00. The third-order valence-corrected chi connectivity index (χ3v) is 2.99. The molecule has 0 aliphatic heterocycles. The summed E-state index contributed by atoms with van der Waals surface area (Å²) in [6.45, 7) is 0.445. The highest BCUT2D eigenvalue weighted by atomic mass is 19.4. The van der Waals surface area contributed by atoms with Crippen molar-refractivity contribution < 1.29 is 13.2 Å². The van der Waals surface area contributed by atoms with E-state index in [1.54, 1.807) is 6.07 Å². The summed E-state index contributed by atoms with van der Waals surface area (Å²) in [5.41, 5.74) is 5.46. The summed E-state index contributed by atoms with van der Waals surface area (Å²) in [6.07, 6.45) is -2.09. The Bertz CT molecular complexity index is 386. The second-order valence-electron chi connectivity index (χ2n) is 4.40. The van der Waals surface area contributed by atoms with Crippen LogP contribution in [0.3, 0.4) is 0 Å². The lowest BCUT2D eigenvalue weighted by atomic mass is 10.1. The first kappa shape index (κ1) is 12.2. The first-order valence-corrected chi connectivity index (χ1v) is 5.64. The van der Waals surface area contributed by atoms with Gasteiger partial charge in [0.1, 0.15) is 0 Å². The lowest BCUT2D eigenvalue weighted by Gasteiger charge is -2.18. The molecule has 0 aromatic heterocycles. The number of benzene rings is 1. The summed E-state index contributed by atoms with van der Waals surface area (Å²) in [5.74, 6) is 0.509. The molecule has 0 amide bonds. The maximum absolute atomic E-state index is 12.5. The van der Waals surface area contributed by atoms with Crippen molar-refractivity contribution in [3.05, 3.63) is 29.8 Å². The number of halogens is 3. The van der Waals surface area contributed by atoms with Crippen molar-refractivity contribution in [2.24, 2.45) is 11.7 Å². The molecule has 1 unspecified atom stereocenters. The van der Waals surface area contributed by atoms with Crippen LogP contribution in [0.1, 0.15) is 18.4 Å². The van der Waals surface area contributed by atoms with E-state index in [0.29, 0.717) is 18.2 Å². The standard InChI is InChI=1S/C12H15F3N2/c13-12(14,15)9-2-1-3-10(6-9)17-11(7-16)8-4-5-8/h1-3,6,8,11,17H,4-5,7,16H2. The minimum Gasteiger partial charge on any atom is -0.381 e. The van der Waals surface area contributed by atoms with Crippen LogP contribution in [0.25, 0.3) is 0 Å². The van der Waals surface area contributed by atoms with Crippen LogP contribution in [0, 0.1) is 5.92 Å². The average Bonchev–Trinajstić information content (AvgIpc) is 3.09. The Hall–Kier alpha value is -1.23. The van der Waals surface area contributed by atoms with E-state index in [0.717, 1.165) is 25.0 Å². The molecule has 0 radical (unpaired) electrons. The van der Waals surface area contributed by atoms with E-state index in [-0.39, 0.29) is 6.04 Å². The van der Waals surface area contributed by atoms with Crippen molar-refractivity contribution in [1.82, 2.24) is 0 Å². The SMILES string of the molecule is NCC(Nc1cccc(C(F)(F)F)c1)C1CC1. The molecule has 3 N–H and O–H groups in total. The van der Waals surface area contributed by atoms with Gasteiger partial charge in [0, 0.05) is 18.3 Å². The Labute approximate surface area is 98.0 Å². The lowest BCUT2D eigenvalue weighted by molar-refractivity contribution is -0.137. The lowest BCUT2D eigenvalue weighted by Crippen LogP contribution is -2.30. The van der Waals surface area contributed by atoms with Crippen molar-refractivity contribution in [2.45, 2.75) is 25.1 Å². The van der Waals surface area contributed by atoms with Gasteiger partial charge < -0.3 is 11.1 Å². The molecule has 94 valence electrons. The molecule has 1 aliphatic carbocycles. The van der Waals surface area contributed by atoms with Gasteiger partial charge in [0.2, 0.25) is 0 Å². The van der Waals surface area contributed by atoms with Gasteiger partial charge in [-0.25, -0.2) is 0 Å². The van der Waals surface area contributed by atoms with Crippen molar-refractivity contribution >= 4 is 5.69 Å². The Kier molecular flexibility index (Phi) is 3.28. The van der Waals surface area contributed by atoms with E-state index in [9.17, 15) is 13.2 Å². The number of hydrogen-bond acceptors (Lipinski definition) is 2. The van der Waals surface area contributed by atoms with E-state index in [1.165, 1.54) is 6.07 Å². The quantitative estimate of drug-likeness (QED) is 0.854. The number of nitrogens with two attached hydrogens (primary N) is 1. The normalized spacial score (nSPS) is 17.9. The predicted molar refractivity (Wildman–Crippen MR) is 60.6 cm³/mol. The molecule has 0 spiro atoms. The zero-order chi connectivity index (χ0) is 12.5. The van der Waals surface area contributed by atoms with E-state index in [4.69, 9.17) is 5.73 Å². The van der Waals surface area contributed by atoms with Gasteiger partial charge in [0.15, 0.2) is 0 Å². The molecule has 1 fully saturated rings. The van der Waals surface area contributed by atoms with E-state index >= 15 is 0 Å². The number of anilines is 1. The summed E-state index contributed by atoms with van der Waals surface area (Å²) in [4.78, 5) is 0. The van der Waals surface area contributed by atoms with Crippen LogP contribution >= 0.6 is 0 Å². The number of rotatable bonds is 4. The summed E-state index contributed by atoms with van der Waals surface area (Å²) in [5, 5.41) is 3.08. The molecule has 0 bridgehead atoms. The van der Waals surface area contributed by atoms with Crippen LogP contribution in [0.5, 0.6) is 0 Å². The first-order valence-electron chi connectivity index (χ1n) is 5.64. The molecule has 1 saturated carbocycles. The van der Waals surface area contributed by atoms with Crippen molar-refractivity contribution in [2.75, 3.05) is 11.9 Å². The molecule has 0 heterocycles. The summed E-state index contributed by atoms with van der Waals surface area (Å²) in [6, 6.07) is 5.33. The highest BCUT2D eigenvalue weighted by Gasteiger charge is 2.32. The second kappa shape index (κ2) is 4.56. The van der Waals surface area contributed by atoms with E-state index in [1.807, 2.05) is 0 Å². The Morgan fingerprint density at radius 1 is 1.35 bits per heavy atom. The smallest absolute Gasteiger partial charge is 0.381 e. The molecule has 17 heavy (non-hydrogen) atoms. The van der Waals surface area contributed by atoms with Gasteiger partial charge in [-0.2, -0.15) is 13.2 Å². The molecule has 2 rings (SSSR count). The highest BCUT2D eigenvalue weighted by Crippen LogP contribution is 2.35. The van der Waals surface area contributed by atoms with Crippen LogP contribution in [-0.4, -0.2) is 12.6 Å². The van der Waals surface area contributed by atoms with E-state index < -0.39 is 11.7 Å². The monoisotopic (exact) mass is 244 g/mol. The van der Waals surface area contributed by atoms with Gasteiger partial charge in [0.05, 0.1) is 5.56 Å². The summed E-state index contributed by atoms with van der Waals surface area (Å²) < 4.78 is 37.5. The van der Waals surface area contributed by atoms with Crippen molar-refractivity contribution in [1.29, 1.82) is 0 Å². The van der Waals surface area contributed by atoms with Gasteiger partial charge >= 0.3 is 6.18 Å². The third-order valence-electron chi connectivity index (χ3n) is 2.99. The molecule has 5 heteroatoms. The van der Waals surface area contributed by atoms with Crippen LogP contribution < -0.4 is 11.1 Å². The van der Waals surface area contributed by atoms with Gasteiger partial charge in [-0.3, -0.25) is 0 Å². The topological polar surface area (TPSA) is 38.0 Å². The molecule has 1 aliphatic rings. The maximum atomic E-state index is 12.5. The van der Waals surface area contributed by atoms with Gasteiger partial charge in [-0.15, -0.1) is 0 Å². The molecular weight excluding hydrogens is 229 g/mol. The fourth-order valence-corrected chi connectivity index (χ4v) is 1.87. The minimum atomic E-state index is -4.30. The van der Waals surface area contributed by atoms with Gasteiger partial charge in [0.25, 0.3) is 0 Å². The Morgan fingerprint density at radius 3 is 2.59 bits per heavy atom. The van der Waals surface area contributed by atoms with Crippen LogP contribution in [-0.2, 0) is 6.18 Å². The largest absolute Gasteiger partial charge is 0.416 e. The fourth-order valence-electron chi connectivity index (χ4n) is 1.87. The minimum absolute atomic E-state index is 0.0819. The van der Waals surface area contributed by atoms with Crippen LogP contribution in [0.4, 0.5) is 18.9 Å². The number of alkyl halides is 3. The summed E-state index contributed by atoms with van der Waals surface area (Å²) >= 11 is 0. The van der Waals surface area contributed by atoms with Crippen LogP contribution in [0.15, 0.2) is 24.3 Å². The predicted octanol–water partition coefficient (Wildman–Crippen LogP) is 2.85. The maximum Gasteiger partial charge on any atom is 0.416 e. The third kappa shape index (κ3) is 3.12. The zero-order valence-corrected chi connectivity index (χ0v) is 9.30. The van der Waals surface area contributed by atoms with Gasteiger partial charge in [-0.05, 0) is 37.0 Å².